The lowest BCUT2D eigenvalue weighted by Gasteiger charge is -2.27. The Bertz CT molecular complexity index is 2200. The van der Waals surface area contributed by atoms with Gasteiger partial charge < -0.3 is 9.74 Å². The maximum atomic E-state index is 13.2. The number of carbonyl (C=O) groups excluding carboxylic acids is 4. The molecule has 1 saturated heterocycles. The summed E-state index contributed by atoms with van der Waals surface area (Å²) in [5.74, 6) is -3.39. The van der Waals surface area contributed by atoms with E-state index in [4.69, 9.17) is 9.68 Å². The molecule has 0 spiro atoms. The Morgan fingerprint density at radius 1 is 1.02 bits per heavy atom. The van der Waals surface area contributed by atoms with Crippen LogP contribution in [0.15, 0.2) is 99.7 Å². The second kappa shape index (κ2) is 16.4. The molecule has 0 aromatic heterocycles. The van der Waals surface area contributed by atoms with Crippen LogP contribution in [-0.4, -0.2) is 91.4 Å². The highest BCUT2D eigenvalue weighted by molar-refractivity contribution is 7.86. The van der Waals surface area contributed by atoms with Gasteiger partial charge in [-0.05, 0) is 60.9 Å². The average molecular weight is 801 g/mol. The van der Waals surface area contributed by atoms with Crippen molar-refractivity contribution in [2.45, 2.75) is 64.2 Å². The Kier molecular flexibility index (Phi) is 12.7. The third-order valence-electron chi connectivity index (χ3n) is 9.27. The fraction of sp³-hybridized carbons (Fsp3) is 0.378. The molecule has 1 fully saturated rings. The van der Waals surface area contributed by atoms with Crippen molar-refractivity contribution in [3.63, 3.8) is 0 Å². The van der Waals surface area contributed by atoms with E-state index < -0.39 is 67.1 Å². The number of aliphatic imine (C=N–C) groups is 1. The van der Waals surface area contributed by atoms with Crippen LogP contribution in [0.5, 0.6) is 0 Å². The van der Waals surface area contributed by atoms with E-state index in [1.807, 2.05) is 38.7 Å². The Balaban J connectivity index is 1.47. The van der Waals surface area contributed by atoms with Crippen LogP contribution in [0.3, 0.4) is 0 Å². The van der Waals surface area contributed by atoms with Crippen LogP contribution in [0, 0.1) is 5.41 Å². The van der Waals surface area contributed by atoms with Crippen LogP contribution < -0.4 is 4.90 Å². The predicted molar refractivity (Wildman–Crippen MR) is 202 cm³/mol. The van der Waals surface area contributed by atoms with Crippen LogP contribution in [0.1, 0.15) is 59.4 Å². The van der Waals surface area contributed by atoms with Crippen LogP contribution in [0.2, 0.25) is 0 Å². The van der Waals surface area contributed by atoms with Crippen LogP contribution in [-0.2, 0) is 54.5 Å². The van der Waals surface area contributed by atoms with Crippen molar-refractivity contribution in [1.29, 1.82) is 0 Å². The van der Waals surface area contributed by atoms with Gasteiger partial charge in [-0.2, -0.15) is 16.8 Å². The molecule has 2 N–H and O–H groups in total. The SMILES string of the molecule is C=C1N=C(/C=C/C=C/C=C2/N(CCCS(=O)(=O)O)c3ccc(S(=O)(=O)O)cc3C2(C)C)C(C)(C)/C1=C/C(=C\C)C(=O)N(C)OCC(=O)ON1C(=O)CCC1=O. The number of carbonyl (C=O) groups is 4. The normalized spacial score (nSPS) is 20.0. The Morgan fingerprint density at radius 2 is 1.67 bits per heavy atom. The van der Waals surface area contributed by atoms with Crippen molar-refractivity contribution >= 4 is 55.3 Å². The van der Waals surface area contributed by atoms with Gasteiger partial charge in [-0.25, -0.2) is 9.86 Å². The number of allylic oxidation sites excluding steroid dienone is 8. The predicted octanol–water partition coefficient (Wildman–Crippen LogP) is 4.17. The molecular formula is C37H44N4O12S2. The molecule has 3 aliphatic rings. The summed E-state index contributed by atoms with van der Waals surface area (Å²) in [6.45, 7) is 12.7. The Hall–Kier alpha value is -5.01. The minimum absolute atomic E-state index is 0.0618. The van der Waals surface area contributed by atoms with E-state index in [2.05, 4.69) is 11.6 Å². The van der Waals surface area contributed by atoms with Crippen molar-refractivity contribution in [2.75, 3.05) is 30.9 Å². The molecule has 0 aliphatic carbocycles. The van der Waals surface area contributed by atoms with Crippen molar-refractivity contribution in [3.05, 3.63) is 95.4 Å². The van der Waals surface area contributed by atoms with Gasteiger partial charge in [-0.1, -0.05) is 58.6 Å². The van der Waals surface area contributed by atoms with E-state index in [0.29, 0.717) is 33.3 Å². The average Bonchev–Trinajstić information content (AvgIpc) is 3.60. The lowest BCUT2D eigenvalue weighted by Crippen LogP contribution is -2.36. The summed E-state index contributed by atoms with van der Waals surface area (Å²) in [7, 11) is -7.39. The lowest BCUT2D eigenvalue weighted by atomic mass is 9.80. The molecule has 1 aromatic rings. The number of amides is 3. The van der Waals surface area contributed by atoms with Gasteiger partial charge in [0.25, 0.3) is 38.0 Å². The van der Waals surface area contributed by atoms with Crippen LogP contribution in [0.4, 0.5) is 5.69 Å². The van der Waals surface area contributed by atoms with Gasteiger partial charge in [0.1, 0.15) is 0 Å². The number of hydrogen-bond acceptors (Lipinski definition) is 12. The van der Waals surface area contributed by atoms with Crippen molar-refractivity contribution < 1.29 is 54.8 Å². The first-order valence-electron chi connectivity index (χ1n) is 17.0. The number of benzene rings is 1. The third-order valence-corrected chi connectivity index (χ3v) is 10.9. The zero-order valence-electron chi connectivity index (χ0n) is 31.3. The largest absolute Gasteiger partial charge is 0.361 e. The molecule has 0 radical (unpaired) electrons. The highest BCUT2D eigenvalue weighted by Gasteiger charge is 2.41. The van der Waals surface area contributed by atoms with E-state index in [0.717, 1.165) is 10.8 Å². The first kappa shape index (κ1) is 42.7. The molecule has 1 aromatic carbocycles. The molecule has 3 amide bonds. The number of fused-ring (bicyclic) bond motifs is 1. The van der Waals surface area contributed by atoms with Gasteiger partial charge in [0, 0.05) is 54.2 Å². The molecule has 4 rings (SSSR count). The second-order valence-corrected chi connectivity index (χ2v) is 16.9. The zero-order valence-corrected chi connectivity index (χ0v) is 32.9. The van der Waals surface area contributed by atoms with Crippen molar-refractivity contribution in [1.82, 2.24) is 10.1 Å². The minimum atomic E-state index is -4.48. The van der Waals surface area contributed by atoms with Gasteiger partial charge in [0.15, 0.2) is 6.61 Å². The van der Waals surface area contributed by atoms with Crippen molar-refractivity contribution in [2.24, 2.45) is 10.4 Å². The topological polar surface area (TPSA) is 218 Å². The van der Waals surface area contributed by atoms with Gasteiger partial charge in [-0.15, -0.1) is 5.06 Å². The number of hydroxylamine groups is 4. The van der Waals surface area contributed by atoms with Gasteiger partial charge in [0.05, 0.1) is 22.1 Å². The quantitative estimate of drug-likeness (QED) is 0.0889. The molecule has 0 unspecified atom stereocenters. The van der Waals surface area contributed by atoms with E-state index in [9.17, 15) is 45.1 Å². The number of nitrogens with zero attached hydrogens (tertiary/aromatic N) is 4. The monoisotopic (exact) mass is 800 g/mol. The number of hydrogen-bond donors (Lipinski definition) is 2. The maximum Gasteiger partial charge on any atom is 0.361 e. The summed E-state index contributed by atoms with van der Waals surface area (Å²) in [5.41, 5.74) is 2.43. The van der Waals surface area contributed by atoms with Gasteiger partial charge in [-0.3, -0.25) is 33.3 Å². The first-order chi connectivity index (χ1) is 25.5. The first-order valence-corrected chi connectivity index (χ1v) is 20.1. The molecule has 0 bridgehead atoms. The number of likely N-dealkylation sites (N-methyl/N-ethyl adjacent to an activating group) is 1. The summed E-state index contributed by atoms with van der Waals surface area (Å²) in [5, 5.41) is 1.22. The molecule has 3 heterocycles. The number of imide groups is 1. The molecule has 0 saturated carbocycles. The lowest BCUT2D eigenvalue weighted by molar-refractivity contribution is -0.211. The van der Waals surface area contributed by atoms with E-state index >= 15 is 0 Å². The second-order valence-electron chi connectivity index (χ2n) is 13.9. The van der Waals surface area contributed by atoms with Crippen molar-refractivity contribution in [3.8, 4) is 0 Å². The number of rotatable bonds is 14. The Morgan fingerprint density at radius 3 is 2.27 bits per heavy atom. The van der Waals surface area contributed by atoms with E-state index in [-0.39, 0.29) is 36.3 Å². The highest BCUT2D eigenvalue weighted by atomic mass is 32.2. The summed E-state index contributed by atoms with van der Waals surface area (Å²) in [4.78, 5) is 64.9. The molecule has 296 valence electrons. The summed E-state index contributed by atoms with van der Waals surface area (Å²) >= 11 is 0. The zero-order chi connectivity index (χ0) is 41.1. The van der Waals surface area contributed by atoms with Crippen LogP contribution >= 0.6 is 0 Å². The molecule has 16 nitrogen and oxygen atoms in total. The summed E-state index contributed by atoms with van der Waals surface area (Å²) < 4.78 is 65.6. The van der Waals surface area contributed by atoms with Crippen LogP contribution in [0.25, 0.3) is 0 Å². The standard InChI is InChI=1S/C37H44N4O12S2/c1-8-25(35(45)39(7)52-23-34(44)53-41-32(42)17-18-33(41)43)21-27-24(2)38-30(36(27,3)4)13-10-9-11-14-31-37(5,6)28-22-26(55(49,50)51)15-16-29(28)40(31)19-12-20-54(46,47)48/h8-11,13-16,21-22H,2,12,17-20,23H2,1,3-7H3,(H,46,47,48)(H,49,50,51)/b11-9+,13-10+,25-8+,27-21+,31-14+. The fourth-order valence-electron chi connectivity index (χ4n) is 6.27. The molecule has 18 heteroatoms. The molecular weight excluding hydrogens is 757 g/mol. The summed E-state index contributed by atoms with van der Waals surface area (Å²) in [6, 6.07) is 4.21. The summed E-state index contributed by atoms with van der Waals surface area (Å²) in [6.07, 6.45) is 12.0. The Labute approximate surface area is 320 Å². The molecule has 55 heavy (non-hydrogen) atoms. The number of anilines is 1. The smallest absolute Gasteiger partial charge is 0.344 e. The molecule has 3 aliphatic heterocycles. The van der Waals surface area contributed by atoms with E-state index in [1.54, 1.807) is 49.4 Å². The maximum absolute atomic E-state index is 13.2. The third kappa shape index (κ3) is 9.81. The van der Waals surface area contributed by atoms with Gasteiger partial charge in [0.2, 0.25) is 0 Å². The van der Waals surface area contributed by atoms with Gasteiger partial charge >= 0.3 is 5.97 Å². The minimum Gasteiger partial charge on any atom is -0.344 e. The fourth-order valence-corrected chi connectivity index (χ4v) is 7.27. The highest BCUT2D eigenvalue weighted by Crippen LogP contribution is 2.48. The molecule has 0 atom stereocenters. The van der Waals surface area contributed by atoms with E-state index in [1.165, 1.54) is 19.2 Å².